The van der Waals surface area contributed by atoms with E-state index in [4.69, 9.17) is 10.8 Å². The number of aliphatic carboxylic acids is 3. The lowest BCUT2D eigenvalue weighted by Crippen LogP contribution is -2.54. The van der Waals surface area contributed by atoms with Gasteiger partial charge in [-0.25, -0.2) is 13.6 Å². The second-order valence-corrected chi connectivity index (χ2v) is 14.9. The van der Waals surface area contributed by atoms with Crippen molar-refractivity contribution in [3.63, 3.8) is 0 Å². The molecular formula is C40H50F2N6O11. The van der Waals surface area contributed by atoms with Gasteiger partial charge in [-0.2, -0.15) is 0 Å². The summed E-state index contributed by atoms with van der Waals surface area (Å²) in [5, 5.41) is 45.5. The summed E-state index contributed by atoms with van der Waals surface area (Å²) in [5.41, 5.74) is 5.93. The van der Waals surface area contributed by atoms with Gasteiger partial charge in [0.2, 0.25) is 23.6 Å². The van der Waals surface area contributed by atoms with Crippen LogP contribution in [0.1, 0.15) is 70.2 Å². The first-order valence-corrected chi connectivity index (χ1v) is 18.6. The van der Waals surface area contributed by atoms with Gasteiger partial charge in [0, 0.05) is 55.5 Å². The van der Waals surface area contributed by atoms with E-state index < -0.39 is 122 Å². The highest BCUT2D eigenvalue weighted by Crippen LogP contribution is 2.41. The number of nitrogens with one attached hydrogen (secondary N) is 3. The number of primary amides is 1. The van der Waals surface area contributed by atoms with Crippen LogP contribution >= 0.6 is 0 Å². The van der Waals surface area contributed by atoms with E-state index in [-0.39, 0.29) is 30.6 Å². The van der Waals surface area contributed by atoms with E-state index in [1.54, 1.807) is 37.6 Å². The van der Waals surface area contributed by atoms with E-state index in [9.17, 15) is 53.3 Å². The molecule has 9 N–H and O–H groups in total. The number of aliphatic hydroxyl groups is 1. The number of carbonyl (C=O) groups is 7. The number of benzene rings is 2. The first-order chi connectivity index (χ1) is 27.7. The SMILES string of the molecule is CC(C)(C)[C@H](c1cc(-c2cc(F)ccc2F)cn1Cc1ccccc1)N(CC[C@H](N[C@@H](CC(N)=O)C(=O)O)C(=O)NCCC(=O)N[C@@H](CCC(=O)O)C(=O)O)C(=O)CO. The van der Waals surface area contributed by atoms with Crippen LogP contribution in [-0.2, 0) is 40.1 Å². The second kappa shape index (κ2) is 21.5. The quantitative estimate of drug-likeness (QED) is 0.0682. The van der Waals surface area contributed by atoms with Crippen LogP contribution < -0.4 is 21.7 Å². The molecule has 0 aliphatic carbocycles. The fourth-order valence-corrected chi connectivity index (χ4v) is 6.53. The van der Waals surface area contributed by atoms with Gasteiger partial charge >= 0.3 is 17.9 Å². The van der Waals surface area contributed by atoms with Gasteiger partial charge in [-0.1, -0.05) is 51.1 Å². The summed E-state index contributed by atoms with van der Waals surface area (Å²) in [4.78, 5) is 87.4. The molecule has 4 amide bonds. The fraction of sp³-hybridized carbons (Fsp3) is 0.425. The third-order valence-electron chi connectivity index (χ3n) is 9.25. The van der Waals surface area contributed by atoms with E-state index in [0.29, 0.717) is 5.69 Å². The molecule has 17 nitrogen and oxygen atoms in total. The van der Waals surface area contributed by atoms with Gasteiger partial charge in [0.15, 0.2) is 0 Å². The monoisotopic (exact) mass is 828 g/mol. The predicted octanol–water partition coefficient (Wildman–Crippen LogP) is 2.01. The number of carbonyl (C=O) groups excluding carboxylic acids is 4. The molecular weight excluding hydrogens is 778 g/mol. The van der Waals surface area contributed by atoms with Crippen molar-refractivity contribution in [2.24, 2.45) is 11.1 Å². The van der Waals surface area contributed by atoms with E-state index in [0.717, 1.165) is 23.8 Å². The zero-order valence-electron chi connectivity index (χ0n) is 32.8. The third-order valence-corrected chi connectivity index (χ3v) is 9.25. The number of aliphatic hydroxyl groups excluding tert-OH is 1. The van der Waals surface area contributed by atoms with Crippen molar-refractivity contribution in [3.05, 3.63) is 83.7 Å². The molecule has 1 aromatic heterocycles. The average Bonchev–Trinajstić information content (AvgIpc) is 3.55. The number of halogens is 2. The van der Waals surface area contributed by atoms with Gasteiger partial charge in [-0.05, 0) is 48.1 Å². The Balaban J connectivity index is 2.01. The predicted molar refractivity (Wildman–Crippen MR) is 207 cm³/mol. The lowest BCUT2D eigenvalue weighted by molar-refractivity contribution is -0.143. The number of aromatic nitrogens is 1. The molecule has 0 unspecified atom stereocenters. The summed E-state index contributed by atoms with van der Waals surface area (Å²) < 4.78 is 31.3. The Kier molecular flexibility index (Phi) is 17.2. The molecule has 0 radical (unpaired) electrons. The Hall–Kier alpha value is -6.21. The molecule has 0 bridgehead atoms. The molecule has 59 heavy (non-hydrogen) atoms. The number of carboxylic acid groups (broad SMARTS) is 3. The zero-order valence-corrected chi connectivity index (χ0v) is 32.8. The second-order valence-electron chi connectivity index (χ2n) is 14.9. The van der Waals surface area contributed by atoms with E-state index in [2.05, 4.69) is 16.0 Å². The Morgan fingerprint density at radius 2 is 1.53 bits per heavy atom. The highest BCUT2D eigenvalue weighted by molar-refractivity contribution is 5.87. The van der Waals surface area contributed by atoms with Crippen LogP contribution in [0.5, 0.6) is 0 Å². The maximum Gasteiger partial charge on any atom is 0.326 e. The van der Waals surface area contributed by atoms with Gasteiger partial charge in [0.1, 0.15) is 30.3 Å². The number of nitrogens with zero attached hydrogens (tertiary/aromatic N) is 2. The fourth-order valence-electron chi connectivity index (χ4n) is 6.53. The van der Waals surface area contributed by atoms with Crippen molar-refractivity contribution < 1.29 is 62.8 Å². The molecule has 2 aromatic carbocycles. The topological polar surface area (TPSA) is 271 Å². The Morgan fingerprint density at radius 1 is 0.864 bits per heavy atom. The Labute approximate surface area is 338 Å². The highest BCUT2D eigenvalue weighted by atomic mass is 19.1. The lowest BCUT2D eigenvalue weighted by Gasteiger charge is -2.41. The van der Waals surface area contributed by atoms with Crippen LogP contribution in [-0.4, -0.2) is 109 Å². The number of amides is 4. The maximum atomic E-state index is 15.1. The first kappa shape index (κ1) is 47.2. The van der Waals surface area contributed by atoms with Crippen molar-refractivity contribution in [3.8, 4) is 11.1 Å². The molecule has 0 saturated heterocycles. The molecule has 320 valence electrons. The van der Waals surface area contributed by atoms with Crippen LogP contribution in [0, 0.1) is 17.0 Å². The molecule has 3 aromatic rings. The van der Waals surface area contributed by atoms with Crippen molar-refractivity contribution in [2.75, 3.05) is 19.7 Å². The lowest BCUT2D eigenvalue weighted by atomic mass is 9.82. The molecule has 4 atom stereocenters. The minimum atomic E-state index is -1.68. The minimum absolute atomic E-state index is 0.0479. The summed E-state index contributed by atoms with van der Waals surface area (Å²) in [6, 6.07) is 8.18. The molecule has 0 saturated carbocycles. The van der Waals surface area contributed by atoms with Crippen molar-refractivity contribution >= 4 is 41.5 Å². The first-order valence-electron chi connectivity index (χ1n) is 18.6. The Bertz CT molecular complexity index is 1990. The van der Waals surface area contributed by atoms with Gasteiger partial charge in [0.25, 0.3) is 0 Å². The highest BCUT2D eigenvalue weighted by Gasteiger charge is 2.38. The molecule has 3 rings (SSSR count). The van der Waals surface area contributed by atoms with Crippen molar-refractivity contribution in [1.29, 1.82) is 0 Å². The minimum Gasteiger partial charge on any atom is -0.481 e. The molecule has 0 fully saturated rings. The van der Waals surface area contributed by atoms with Gasteiger partial charge < -0.3 is 46.3 Å². The standard InChI is InChI=1S/C40H50F2N6O11/c1-40(2,3)36(31-17-24(26-18-25(41)9-10-27(26)42)21-47(31)20-23-7-5-4-6-8-23)48(34(52)22-49)16-14-28(45-30(39(58)59)19-32(43)50)37(55)44-15-13-33(51)46-29(38(56)57)11-12-35(53)54/h4-10,17-18,21,28-30,36,45,49H,11-16,19-20,22H2,1-3H3,(H2,43,50)(H,44,55)(H,46,51)(H,53,54)(H,56,57)(H,58,59)/t28-,29-,30-,36-/m0/s1. The van der Waals surface area contributed by atoms with E-state index >= 15 is 4.39 Å². The van der Waals surface area contributed by atoms with Crippen LogP contribution in [0.25, 0.3) is 11.1 Å². The molecule has 0 aliphatic rings. The summed E-state index contributed by atoms with van der Waals surface area (Å²) in [6.07, 6.45) is -0.850. The molecule has 19 heteroatoms. The Morgan fingerprint density at radius 3 is 2.10 bits per heavy atom. The smallest absolute Gasteiger partial charge is 0.326 e. The summed E-state index contributed by atoms with van der Waals surface area (Å²) >= 11 is 0. The van der Waals surface area contributed by atoms with Crippen LogP contribution in [0.15, 0.2) is 60.8 Å². The van der Waals surface area contributed by atoms with Crippen LogP contribution in [0.4, 0.5) is 8.78 Å². The number of rotatable bonds is 23. The molecule has 1 heterocycles. The molecule has 0 spiro atoms. The van der Waals surface area contributed by atoms with Crippen LogP contribution in [0.2, 0.25) is 0 Å². The van der Waals surface area contributed by atoms with E-state index in [1.165, 1.54) is 4.90 Å². The van der Waals surface area contributed by atoms with Gasteiger partial charge in [-0.3, -0.25) is 34.1 Å². The van der Waals surface area contributed by atoms with Gasteiger partial charge in [0.05, 0.1) is 18.5 Å². The average molecular weight is 829 g/mol. The van der Waals surface area contributed by atoms with Crippen molar-refractivity contribution in [1.82, 2.24) is 25.4 Å². The zero-order chi connectivity index (χ0) is 44.0. The van der Waals surface area contributed by atoms with Crippen LogP contribution in [0.3, 0.4) is 0 Å². The number of nitrogens with two attached hydrogens (primary N) is 1. The van der Waals surface area contributed by atoms with Gasteiger partial charge in [-0.15, -0.1) is 0 Å². The number of carboxylic acids is 3. The summed E-state index contributed by atoms with van der Waals surface area (Å²) in [5.74, 6) is -9.19. The summed E-state index contributed by atoms with van der Waals surface area (Å²) in [6.45, 7) is 3.93. The van der Waals surface area contributed by atoms with Crippen molar-refractivity contribution in [2.45, 2.75) is 83.6 Å². The maximum absolute atomic E-state index is 15.1. The largest absolute Gasteiger partial charge is 0.481 e. The third kappa shape index (κ3) is 14.3. The van der Waals surface area contributed by atoms with E-state index in [1.807, 2.05) is 30.3 Å². The number of hydrogen-bond donors (Lipinski definition) is 8. The molecule has 0 aliphatic heterocycles. The normalized spacial score (nSPS) is 13.4. The summed E-state index contributed by atoms with van der Waals surface area (Å²) in [7, 11) is 0. The number of hydrogen-bond acceptors (Lipinski definition) is 9.